The molecule has 0 aliphatic heterocycles. The summed E-state index contributed by atoms with van der Waals surface area (Å²) in [6.07, 6.45) is 0. The number of hydrogen-bond donors (Lipinski definition) is 2. The van der Waals surface area contributed by atoms with Gasteiger partial charge in [0.25, 0.3) is 0 Å². The van der Waals surface area contributed by atoms with E-state index >= 15 is 0 Å². The quantitative estimate of drug-likeness (QED) is 0.892. The molecule has 1 aromatic heterocycles. The molecule has 94 valence electrons. The second kappa shape index (κ2) is 5.49. The number of anilines is 1. The van der Waals surface area contributed by atoms with E-state index in [1.54, 1.807) is 18.2 Å². The fourth-order valence-corrected chi connectivity index (χ4v) is 2.68. The van der Waals surface area contributed by atoms with Gasteiger partial charge in [0.2, 0.25) is 0 Å². The maximum absolute atomic E-state index is 12.9. The summed E-state index contributed by atoms with van der Waals surface area (Å²) in [7, 11) is 0. The molecule has 2 N–H and O–H groups in total. The van der Waals surface area contributed by atoms with Gasteiger partial charge in [-0.2, -0.15) is 0 Å². The van der Waals surface area contributed by atoms with E-state index in [1.165, 1.54) is 23.5 Å². The molecule has 2 aromatic rings. The lowest BCUT2D eigenvalue weighted by atomic mass is 10.3. The Morgan fingerprint density at radius 1 is 1.39 bits per heavy atom. The molecule has 0 radical (unpaired) electrons. The number of rotatable bonds is 4. The van der Waals surface area contributed by atoms with Gasteiger partial charge in [0.05, 0.1) is 0 Å². The van der Waals surface area contributed by atoms with Crippen LogP contribution in [0.1, 0.15) is 14.5 Å². The molecule has 2 rings (SSSR count). The fraction of sp³-hybridized carbons (Fsp3) is 0.0833. The first-order valence-corrected chi connectivity index (χ1v) is 6.68. The van der Waals surface area contributed by atoms with Crippen molar-refractivity contribution < 1.29 is 14.3 Å². The van der Waals surface area contributed by atoms with Crippen molar-refractivity contribution in [2.75, 3.05) is 5.32 Å². The molecule has 0 spiro atoms. The van der Waals surface area contributed by atoms with Gasteiger partial charge in [0, 0.05) is 21.6 Å². The van der Waals surface area contributed by atoms with E-state index in [4.69, 9.17) is 5.11 Å². The largest absolute Gasteiger partial charge is 0.477 e. The molecule has 0 aliphatic carbocycles. The Morgan fingerprint density at radius 2 is 2.17 bits per heavy atom. The lowest BCUT2D eigenvalue weighted by molar-refractivity contribution is 0.0702. The summed E-state index contributed by atoms with van der Waals surface area (Å²) in [5.41, 5.74) is 0.765. The summed E-state index contributed by atoms with van der Waals surface area (Å²) >= 11 is 4.47. The minimum absolute atomic E-state index is 0.309. The standard InChI is InChI=1S/C12H9BrFNO2S/c13-9-5-7(14)1-3-10(9)15-6-8-2-4-11(18-8)12(16)17/h1-5,15H,6H2,(H,16,17). The summed E-state index contributed by atoms with van der Waals surface area (Å²) in [6, 6.07) is 7.71. The van der Waals surface area contributed by atoms with Crippen LogP contribution in [0, 0.1) is 5.82 Å². The maximum Gasteiger partial charge on any atom is 0.345 e. The molecule has 6 heteroatoms. The minimum atomic E-state index is -0.922. The van der Waals surface area contributed by atoms with Crippen LogP contribution in [0.5, 0.6) is 0 Å². The van der Waals surface area contributed by atoms with Crippen molar-refractivity contribution in [3.8, 4) is 0 Å². The lowest BCUT2D eigenvalue weighted by Crippen LogP contribution is -1.98. The van der Waals surface area contributed by atoms with Crippen LogP contribution in [-0.4, -0.2) is 11.1 Å². The number of aromatic carboxylic acids is 1. The van der Waals surface area contributed by atoms with Gasteiger partial charge in [-0.25, -0.2) is 9.18 Å². The molecule has 18 heavy (non-hydrogen) atoms. The zero-order valence-electron chi connectivity index (χ0n) is 9.11. The summed E-state index contributed by atoms with van der Waals surface area (Å²) in [5, 5.41) is 11.9. The van der Waals surface area contributed by atoms with E-state index in [2.05, 4.69) is 21.2 Å². The minimum Gasteiger partial charge on any atom is -0.477 e. The van der Waals surface area contributed by atoms with Gasteiger partial charge in [-0.05, 0) is 46.3 Å². The molecular weight excluding hydrogens is 321 g/mol. The molecule has 0 atom stereocenters. The van der Waals surface area contributed by atoms with Crippen LogP contribution in [-0.2, 0) is 6.54 Å². The Morgan fingerprint density at radius 3 is 2.78 bits per heavy atom. The SMILES string of the molecule is O=C(O)c1ccc(CNc2ccc(F)cc2Br)s1. The highest BCUT2D eigenvalue weighted by Gasteiger charge is 2.07. The second-order valence-corrected chi connectivity index (χ2v) is 5.57. The monoisotopic (exact) mass is 329 g/mol. The predicted octanol–water partition coefficient (Wildman–Crippen LogP) is 3.96. The van der Waals surface area contributed by atoms with Crippen LogP contribution in [0.3, 0.4) is 0 Å². The molecule has 1 aromatic carbocycles. The summed E-state index contributed by atoms with van der Waals surface area (Å²) in [5.74, 6) is -1.23. The third-order valence-corrected chi connectivity index (χ3v) is 3.99. The molecule has 0 fully saturated rings. The summed E-state index contributed by atoms with van der Waals surface area (Å²) < 4.78 is 13.5. The van der Waals surface area contributed by atoms with Crippen molar-refractivity contribution in [1.82, 2.24) is 0 Å². The third-order valence-electron chi connectivity index (χ3n) is 2.26. The van der Waals surface area contributed by atoms with Crippen LogP contribution in [0.4, 0.5) is 10.1 Å². The van der Waals surface area contributed by atoms with Crippen molar-refractivity contribution in [1.29, 1.82) is 0 Å². The number of hydrogen-bond acceptors (Lipinski definition) is 3. The zero-order valence-corrected chi connectivity index (χ0v) is 11.5. The van der Waals surface area contributed by atoms with Crippen LogP contribution < -0.4 is 5.32 Å². The van der Waals surface area contributed by atoms with Gasteiger partial charge < -0.3 is 10.4 Å². The zero-order chi connectivity index (χ0) is 13.1. The Kier molecular flexibility index (Phi) is 3.98. The third kappa shape index (κ3) is 3.08. The highest BCUT2D eigenvalue weighted by Crippen LogP contribution is 2.24. The Hall–Kier alpha value is -1.40. The average molecular weight is 330 g/mol. The smallest absolute Gasteiger partial charge is 0.345 e. The van der Waals surface area contributed by atoms with Gasteiger partial charge in [0.15, 0.2) is 0 Å². The highest BCUT2D eigenvalue weighted by molar-refractivity contribution is 9.10. The molecular formula is C12H9BrFNO2S. The van der Waals surface area contributed by atoms with Gasteiger partial charge in [-0.15, -0.1) is 11.3 Å². The molecule has 0 amide bonds. The van der Waals surface area contributed by atoms with Crippen LogP contribution in [0.15, 0.2) is 34.8 Å². The normalized spacial score (nSPS) is 10.3. The van der Waals surface area contributed by atoms with E-state index in [0.29, 0.717) is 15.9 Å². The molecule has 0 aliphatic rings. The van der Waals surface area contributed by atoms with Crippen molar-refractivity contribution in [2.24, 2.45) is 0 Å². The predicted molar refractivity (Wildman–Crippen MR) is 72.7 cm³/mol. The summed E-state index contributed by atoms with van der Waals surface area (Å²) in [6.45, 7) is 0.502. The Balaban J connectivity index is 2.04. The van der Waals surface area contributed by atoms with Crippen LogP contribution >= 0.6 is 27.3 Å². The number of thiophene rings is 1. The number of halogens is 2. The van der Waals surface area contributed by atoms with Gasteiger partial charge in [0.1, 0.15) is 10.7 Å². The lowest BCUT2D eigenvalue weighted by Gasteiger charge is -2.07. The average Bonchev–Trinajstić information content (AvgIpc) is 2.76. The molecule has 3 nitrogen and oxygen atoms in total. The number of carboxylic acids is 1. The van der Waals surface area contributed by atoms with E-state index in [1.807, 2.05) is 0 Å². The molecule has 1 heterocycles. The van der Waals surface area contributed by atoms with Crippen molar-refractivity contribution in [2.45, 2.75) is 6.54 Å². The Labute approximate surface area is 115 Å². The molecule has 0 unspecified atom stereocenters. The number of carbonyl (C=O) groups is 1. The second-order valence-electron chi connectivity index (χ2n) is 3.55. The number of carboxylic acid groups (broad SMARTS) is 1. The van der Waals surface area contributed by atoms with Gasteiger partial charge in [-0.3, -0.25) is 0 Å². The topological polar surface area (TPSA) is 49.3 Å². The van der Waals surface area contributed by atoms with E-state index in [9.17, 15) is 9.18 Å². The number of nitrogens with one attached hydrogen (secondary N) is 1. The maximum atomic E-state index is 12.9. The number of benzene rings is 1. The fourth-order valence-electron chi connectivity index (χ4n) is 1.40. The van der Waals surface area contributed by atoms with Gasteiger partial charge >= 0.3 is 5.97 Å². The van der Waals surface area contributed by atoms with E-state index < -0.39 is 5.97 Å². The molecule has 0 saturated heterocycles. The Bertz CT molecular complexity index is 585. The van der Waals surface area contributed by atoms with Crippen molar-refractivity contribution in [3.63, 3.8) is 0 Å². The van der Waals surface area contributed by atoms with E-state index in [0.717, 1.165) is 10.6 Å². The van der Waals surface area contributed by atoms with E-state index in [-0.39, 0.29) is 5.82 Å². The van der Waals surface area contributed by atoms with Crippen LogP contribution in [0.2, 0.25) is 0 Å². The first-order chi connectivity index (χ1) is 8.56. The summed E-state index contributed by atoms with van der Waals surface area (Å²) in [4.78, 5) is 11.9. The molecule has 0 bridgehead atoms. The first kappa shape index (κ1) is 13.0. The molecule has 0 saturated carbocycles. The van der Waals surface area contributed by atoms with Crippen LogP contribution in [0.25, 0.3) is 0 Å². The van der Waals surface area contributed by atoms with Crippen molar-refractivity contribution >= 4 is 38.9 Å². The van der Waals surface area contributed by atoms with Crippen molar-refractivity contribution in [3.05, 3.63) is 50.4 Å². The highest BCUT2D eigenvalue weighted by atomic mass is 79.9. The first-order valence-electron chi connectivity index (χ1n) is 5.07. The van der Waals surface area contributed by atoms with Gasteiger partial charge in [-0.1, -0.05) is 0 Å².